The van der Waals surface area contributed by atoms with Gasteiger partial charge >= 0.3 is 0 Å². The SMILES string of the molecule is NC1CCN(C(=O)c2ccc(NCCOc3cc(F)cc(F)c3)nc2)CC1. The molecular formula is C19H22F2N4O2. The van der Waals surface area contributed by atoms with Crippen molar-refractivity contribution < 1.29 is 18.3 Å². The average molecular weight is 376 g/mol. The van der Waals surface area contributed by atoms with Crippen LogP contribution in [-0.2, 0) is 0 Å². The molecular weight excluding hydrogens is 354 g/mol. The number of likely N-dealkylation sites (tertiary alicyclic amines) is 1. The average Bonchev–Trinajstić information content (AvgIpc) is 2.65. The number of nitrogens with one attached hydrogen (secondary N) is 1. The summed E-state index contributed by atoms with van der Waals surface area (Å²) >= 11 is 0. The lowest BCUT2D eigenvalue weighted by Crippen LogP contribution is -2.42. The van der Waals surface area contributed by atoms with E-state index in [4.69, 9.17) is 10.5 Å². The molecule has 144 valence electrons. The van der Waals surface area contributed by atoms with Crippen molar-refractivity contribution in [1.29, 1.82) is 0 Å². The van der Waals surface area contributed by atoms with Gasteiger partial charge in [-0.15, -0.1) is 0 Å². The molecule has 1 aromatic heterocycles. The second-order valence-corrected chi connectivity index (χ2v) is 6.44. The van der Waals surface area contributed by atoms with Gasteiger partial charge in [0.1, 0.15) is 29.8 Å². The number of ether oxygens (including phenoxy) is 1. The van der Waals surface area contributed by atoms with Crippen molar-refractivity contribution in [2.45, 2.75) is 18.9 Å². The summed E-state index contributed by atoms with van der Waals surface area (Å²) in [4.78, 5) is 18.4. The molecule has 1 aromatic carbocycles. The van der Waals surface area contributed by atoms with Gasteiger partial charge in [0.25, 0.3) is 5.91 Å². The first-order valence-corrected chi connectivity index (χ1v) is 8.85. The third-order valence-electron chi connectivity index (χ3n) is 4.35. The summed E-state index contributed by atoms with van der Waals surface area (Å²) < 4.78 is 31.5. The highest BCUT2D eigenvalue weighted by Crippen LogP contribution is 2.16. The zero-order chi connectivity index (χ0) is 19.2. The molecule has 8 heteroatoms. The van der Waals surface area contributed by atoms with E-state index in [1.54, 1.807) is 17.0 Å². The Morgan fingerprint density at radius 2 is 1.93 bits per heavy atom. The van der Waals surface area contributed by atoms with Gasteiger partial charge in [0, 0.05) is 43.5 Å². The Morgan fingerprint density at radius 1 is 1.22 bits per heavy atom. The second kappa shape index (κ2) is 8.77. The monoisotopic (exact) mass is 376 g/mol. The fraction of sp³-hybridized carbons (Fsp3) is 0.368. The van der Waals surface area contributed by atoms with Crippen LogP contribution in [0.3, 0.4) is 0 Å². The van der Waals surface area contributed by atoms with E-state index < -0.39 is 11.6 Å². The van der Waals surface area contributed by atoms with E-state index >= 15 is 0 Å². The minimum absolute atomic E-state index is 0.0441. The molecule has 1 amide bonds. The van der Waals surface area contributed by atoms with Gasteiger partial charge < -0.3 is 20.7 Å². The van der Waals surface area contributed by atoms with Crippen LogP contribution in [-0.4, -0.2) is 48.1 Å². The number of amides is 1. The van der Waals surface area contributed by atoms with Crippen molar-refractivity contribution >= 4 is 11.7 Å². The van der Waals surface area contributed by atoms with Crippen LogP contribution in [0.1, 0.15) is 23.2 Å². The van der Waals surface area contributed by atoms with Crippen molar-refractivity contribution in [3.8, 4) is 5.75 Å². The summed E-state index contributed by atoms with van der Waals surface area (Å²) in [6, 6.07) is 6.63. The molecule has 2 heterocycles. The molecule has 0 saturated carbocycles. The first-order valence-electron chi connectivity index (χ1n) is 8.85. The first-order chi connectivity index (χ1) is 13.0. The molecule has 3 N–H and O–H groups in total. The Morgan fingerprint density at radius 3 is 2.56 bits per heavy atom. The number of halogens is 2. The highest BCUT2D eigenvalue weighted by molar-refractivity contribution is 5.94. The van der Waals surface area contributed by atoms with Crippen molar-refractivity contribution in [2.24, 2.45) is 5.73 Å². The molecule has 2 aromatic rings. The largest absolute Gasteiger partial charge is 0.492 e. The normalized spacial score (nSPS) is 14.9. The molecule has 27 heavy (non-hydrogen) atoms. The molecule has 0 unspecified atom stereocenters. The lowest BCUT2D eigenvalue weighted by molar-refractivity contribution is 0.0714. The highest BCUT2D eigenvalue weighted by Gasteiger charge is 2.21. The van der Waals surface area contributed by atoms with Gasteiger partial charge in [-0.25, -0.2) is 13.8 Å². The topological polar surface area (TPSA) is 80.5 Å². The molecule has 1 saturated heterocycles. The number of piperidine rings is 1. The molecule has 0 radical (unpaired) electrons. The first kappa shape index (κ1) is 19.0. The smallest absolute Gasteiger partial charge is 0.255 e. The van der Waals surface area contributed by atoms with Gasteiger partial charge in [-0.05, 0) is 25.0 Å². The number of hydrogen-bond donors (Lipinski definition) is 2. The molecule has 0 bridgehead atoms. The van der Waals surface area contributed by atoms with Gasteiger partial charge in [0.05, 0.1) is 12.1 Å². The third-order valence-corrected chi connectivity index (χ3v) is 4.35. The van der Waals surface area contributed by atoms with Crippen LogP contribution in [0.5, 0.6) is 5.75 Å². The predicted molar refractivity (Wildman–Crippen MR) is 97.7 cm³/mol. The number of benzene rings is 1. The van der Waals surface area contributed by atoms with Crippen LogP contribution in [0, 0.1) is 11.6 Å². The van der Waals surface area contributed by atoms with Crippen LogP contribution in [0.4, 0.5) is 14.6 Å². The van der Waals surface area contributed by atoms with E-state index in [-0.39, 0.29) is 24.3 Å². The summed E-state index contributed by atoms with van der Waals surface area (Å²) in [6.07, 6.45) is 3.16. The fourth-order valence-corrected chi connectivity index (χ4v) is 2.87. The molecule has 1 aliphatic heterocycles. The Labute approximate surface area is 156 Å². The third kappa shape index (κ3) is 5.37. The van der Waals surface area contributed by atoms with Gasteiger partial charge in [-0.3, -0.25) is 4.79 Å². The Balaban J connectivity index is 1.45. The summed E-state index contributed by atoms with van der Waals surface area (Å²) in [6.45, 7) is 1.93. The lowest BCUT2D eigenvalue weighted by atomic mass is 10.1. The summed E-state index contributed by atoms with van der Waals surface area (Å²) in [5.41, 5.74) is 6.39. The van der Waals surface area contributed by atoms with Crippen LogP contribution >= 0.6 is 0 Å². The van der Waals surface area contributed by atoms with E-state index in [1.165, 1.54) is 6.20 Å². The Kier molecular flexibility index (Phi) is 6.18. The maximum Gasteiger partial charge on any atom is 0.255 e. The molecule has 1 fully saturated rings. The molecule has 0 aliphatic carbocycles. The summed E-state index contributed by atoms with van der Waals surface area (Å²) in [7, 11) is 0. The number of carbonyl (C=O) groups excluding carboxylic acids is 1. The van der Waals surface area contributed by atoms with Crippen molar-refractivity contribution in [1.82, 2.24) is 9.88 Å². The van der Waals surface area contributed by atoms with E-state index in [0.717, 1.165) is 31.0 Å². The van der Waals surface area contributed by atoms with Gasteiger partial charge in [-0.1, -0.05) is 0 Å². The van der Waals surface area contributed by atoms with Crippen LogP contribution < -0.4 is 15.8 Å². The fourth-order valence-electron chi connectivity index (χ4n) is 2.87. The van der Waals surface area contributed by atoms with Crippen LogP contribution in [0.25, 0.3) is 0 Å². The number of hydrogen-bond acceptors (Lipinski definition) is 5. The molecule has 3 rings (SSSR count). The number of nitrogens with zero attached hydrogens (tertiary/aromatic N) is 2. The number of anilines is 1. The van der Waals surface area contributed by atoms with Crippen LogP contribution in [0.15, 0.2) is 36.5 Å². The minimum atomic E-state index is -0.685. The quantitative estimate of drug-likeness (QED) is 0.757. The summed E-state index contributed by atoms with van der Waals surface area (Å²) in [5.74, 6) is -0.700. The van der Waals surface area contributed by atoms with Crippen molar-refractivity contribution in [3.05, 3.63) is 53.7 Å². The van der Waals surface area contributed by atoms with Crippen molar-refractivity contribution in [3.63, 3.8) is 0 Å². The minimum Gasteiger partial charge on any atom is -0.492 e. The Hall–Kier alpha value is -2.74. The van der Waals surface area contributed by atoms with E-state index in [2.05, 4.69) is 10.3 Å². The van der Waals surface area contributed by atoms with E-state index in [9.17, 15) is 13.6 Å². The number of pyridine rings is 1. The maximum atomic E-state index is 13.1. The van der Waals surface area contributed by atoms with Gasteiger partial charge in [0.2, 0.25) is 0 Å². The molecule has 0 spiro atoms. The number of aromatic nitrogens is 1. The number of nitrogens with two attached hydrogens (primary N) is 1. The maximum absolute atomic E-state index is 13.1. The number of carbonyl (C=O) groups is 1. The zero-order valence-corrected chi connectivity index (χ0v) is 14.8. The van der Waals surface area contributed by atoms with Crippen molar-refractivity contribution in [2.75, 3.05) is 31.6 Å². The van der Waals surface area contributed by atoms with Crippen LogP contribution in [0.2, 0.25) is 0 Å². The molecule has 6 nitrogen and oxygen atoms in total. The summed E-state index contributed by atoms with van der Waals surface area (Å²) in [5, 5.41) is 3.03. The highest BCUT2D eigenvalue weighted by atomic mass is 19.1. The Bertz CT molecular complexity index is 758. The number of rotatable bonds is 6. The van der Waals surface area contributed by atoms with Gasteiger partial charge in [-0.2, -0.15) is 0 Å². The lowest BCUT2D eigenvalue weighted by Gasteiger charge is -2.30. The molecule has 1 aliphatic rings. The second-order valence-electron chi connectivity index (χ2n) is 6.44. The van der Waals surface area contributed by atoms with E-state index in [1.807, 2.05) is 0 Å². The predicted octanol–water partition coefficient (Wildman–Crippen LogP) is 2.41. The zero-order valence-electron chi connectivity index (χ0n) is 14.8. The van der Waals surface area contributed by atoms with Gasteiger partial charge in [0.15, 0.2) is 0 Å². The molecule has 0 atom stereocenters. The van der Waals surface area contributed by atoms with E-state index in [0.29, 0.717) is 31.0 Å². The standard InChI is InChI=1S/C19H22F2N4O2/c20-14-9-15(21)11-17(10-14)27-8-5-23-18-2-1-13(12-24-18)19(26)25-6-3-16(22)4-7-25/h1-2,9-12,16H,3-8,22H2,(H,23,24).